The zero-order valence-electron chi connectivity index (χ0n) is 32.2. The van der Waals surface area contributed by atoms with Crippen molar-refractivity contribution >= 4 is 69.0 Å². The van der Waals surface area contributed by atoms with Crippen LogP contribution in [0.2, 0.25) is 4.34 Å². The number of aromatic nitrogens is 2. The molecule has 2 unspecified atom stereocenters. The molecule has 0 radical (unpaired) electrons. The lowest BCUT2D eigenvalue weighted by Crippen LogP contribution is -2.29. The predicted molar refractivity (Wildman–Crippen MR) is 244 cm³/mol. The van der Waals surface area contributed by atoms with Crippen molar-refractivity contribution in [1.29, 1.82) is 0 Å². The Labute approximate surface area is 357 Å². The van der Waals surface area contributed by atoms with E-state index in [1.165, 1.54) is 29.0 Å². The number of fused-ring (bicyclic) bond motifs is 1. The molecule has 0 saturated carbocycles. The summed E-state index contributed by atoms with van der Waals surface area (Å²) >= 11 is 19.1. The highest BCUT2D eigenvalue weighted by molar-refractivity contribution is 8.05. The third-order valence-electron chi connectivity index (χ3n) is 8.97. The second-order valence-corrected chi connectivity index (χ2v) is 18.7. The normalized spacial score (nSPS) is 17.2. The Morgan fingerprint density at radius 3 is 2.05 bits per heavy atom. The molecule has 0 aromatic carbocycles. The van der Waals surface area contributed by atoms with E-state index in [0.29, 0.717) is 15.8 Å². The van der Waals surface area contributed by atoms with Crippen LogP contribution < -0.4 is 0 Å². The molecule has 56 heavy (non-hydrogen) atoms. The zero-order valence-corrected chi connectivity index (χ0v) is 37.0. The standard InChI is InChI=1S/C18H16ClFN2S2.C10H8FNS.C8H12ClNS.2C4H6/c1-10-3-11(5-21-18(10)20)14-8-23-9-15(14)13-6-22(2)7-16-12(13)4-17(19)24-16;1-7-4-9(5-12-10(7)11)8-2-3-13-6-8;1-10-3-2-6-4-8(9)11-7(6)5-10;2*1-3-4-2/h3-5,8-9,13H,6-7H2,1-2H3;2-6H,1H3;8H,2-5H2,1H3;2*3-4H,1-2H2. The number of thiophene rings is 3. The van der Waals surface area contributed by atoms with E-state index in [4.69, 9.17) is 23.2 Å². The van der Waals surface area contributed by atoms with Gasteiger partial charge in [0, 0.05) is 71.6 Å². The van der Waals surface area contributed by atoms with Crippen LogP contribution in [0.4, 0.5) is 8.78 Å². The molecule has 12 heteroatoms. The second-order valence-electron chi connectivity index (χ2n) is 13.3. The first kappa shape index (κ1) is 45.5. The fourth-order valence-electron chi connectivity index (χ4n) is 6.10. The molecule has 0 N–H and O–H groups in total. The van der Waals surface area contributed by atoms with Crippen molar-refractivity contribution in [2.75, 3.05) is 33.7 Å². The van der Waals surface area contributed by atoms with Crippen molar-refractivity contribution in [2.45, 2.75) is 43.9 Å². The number of hydrogen-bond donors (Lipinski definition) is 0. The summed E-state index contributed by atoms with van der Waals surface area (Å²) < 4.78 is 27.5. The third kappa shape index (κ3) is 12.9. The molecule has 4 nitrogen and oxygen atoms in total. The summed E-state index contributed by atoms with van der Waals surface area (Å²) in [5, 5.41) is 8.35. The fourth-order valence-corrected chi connectivity index (χ4v) is 10.9. The average Bonchev–Trinajstić information content (AvgIpc) is 4.01. The number of rotatable bonds is 5. The van der Waals surface area contributed by atoms with Gasteiger partial charge in [0.05, 0.1) is 9.05 Å². The van der Waals surface area contributed by atoms with E-state index >= 15 is 0 Å². The van der Waals surface area contributed by atoms with E-state index in [9.17, 15) is 8.78 Å². The van der Waals surface area contributed by atoms with E-state index in [-0.39, 0.29) is 11.9 Å². The van der Waals surface area contributed by atoms with Gasteiger partial charge < -0.3 is 9.80 Å². The average molecular weight is 870 g/mol. The first-order chi connectivity index (χ1) is 26.9. The molecule has 0 saturated heterocycles. The number of allylic oxidation sites excluding steroid dienone is 4. The number of nitrogens with zero attached hydrogens (tertiary/aromatic N) is 4. The first-order valence-electron chi connectivity index (χ1n) is 17.9. The number of hydrogen-bond acceptors (Lipinski definition) is 8. The van der Waals surface area contributed by atoms with Gasteiger partial charge in [0.2, 0.25) is 11.9 Å². The minimum atomic E-state index is -0.403. The molecular weight excluding hydrogens is 822 g/mol. The van der Waals surface area contributed by atoms with Gasteiger partial charge in [-0.2, -0.15) is 31.5 Å². The highest BCUT2D eigenvalue weighted by atomic mass is 35.5. The molecule has 5 aromatic heterocycles. The Balaban J connectivity index is 0.000000183. The van der Waals surface area contributed by atoms with E-state index in [2.05, 4.69) is 77.0 Å². The maximum atomic E-state index is 13.5. The molecule has 5 aromatic rings. The quantitative estimate of drug-likeness (QED) is 0.0998. The molecule has 296 valence electrons. The largest absolute Gasteiger partial charge is 0.301 e. The van der Waals surface area contributed by atoms with Crippen LogP contribution in [-0.2, 0) is 6.54 Å². The van der Waals surface area contributed by atoms with Crippen molar-refractivity contribution in [3.05, 3.63) is 163 Å². The topological polar surface area (TPSA) is 32.3 Å². The lowest BCUT2D eigenvalue weighted by atomic mass is 9.86. The number of pyridine rings is 2. The smallest absolute Gasteiger partial charge is 0.215 e. The first-order valence-corrected chi connectivity index (χ1v) is 22.3. The molecule has 3 aliphatic rings. The third-order valence-corrected chi connectivity index (χ3v) is 13.2. The Hall–Kier alpha value is -3.19. The summed E-state index contributed by atoms with van der Waals surface area (Å²) in [7, 11) is 4.31. The summed E-state index contributed by atoms with van der Waals surface area (Å²) in [6, 6.07) is 7.79. The number of alkyl halides is 1. The van der Waals surface area contributed by atoms with E-state index in [1.54, 1.807) is 95.0 Å². The van der Waals surface area contributed by atoms with Crippen LogP contribution in [-0.4, -0.2) is 58.2 Å². The van der Waals surface area contributed by atoms with E-state index in [0.717, 1.165) is 52.6 Å². The molecule has 2 atom stereocenters. The number of thioether (sulfide) groups is 1. The Morgan fingerprint density at radius 2 is 1.45 bits per heavy atom. The highest BCUT2D eigenvalue weighted by Gasteiger charge is 2.30. The summed E-state index contributed by atoms with van der Waals surface area (Å²) in [6.07, 6.45) is 12.1. The van der Waals surface area contributed by atoms with Crippen LogP contribution in [0.25, 0.3) is 22.3 Å². The molecule has 8 rings (SSSR count). The molecule has 0 fully saturated rings. The van der Waals surface area contributed by atoms with Gasteiger partial charge in [0.15, 0.2) is 0 Å². The lowest BCUT2D eigenvalue weighted by Gasteiger charge is -2.30. The van der Waals surface area contributed by atoms with Crippen LogP contribution in [0.3, 0.4) is 0 Å². The van der Waals surface area contributed by atoms with Gasteiger partial charge in [0.1, 0.15) is 0 Å². The van der Waals surface area contributed by atoms with Gasteiger partial charge in [-0.15, -0.1) is 34.7 Å². The van der Waals surface area contributed by atoms with Gasteiger partial charge in [-0.25, -0.2) is 9.97 Å². The second kappa shape index (κ2) is 22.7. The molecular formula is C44H48Cl2F2N4S4. The van der Waals surface area contributed by atoms with Crippen molar-refractivity contribution < 1.29 is 8.78 Å². The maximum Gasteiger partial charge on any atom is 0.215 e. The van der Waals surface area contributed by atoms with E-state index < -0.39 is 5.95 Å². The number of aryl methyl sites for hydroxylation is 2. The minimum absolute atomic E-state index is 0.286. The summed E-state index contributed by atoms with van der Waals surface area (Å²) in [5.41, 5.74) is 9.57. The minimum Gasteiger partial charge on any atom is -0.301 e. The van der Waals surface area contributed by atoms with Crippen LogP contribution in [0.15, 0.2) is 119 Å². The van der Waals surface area contributed by atoms with Gasteiger partial charge in [-0.1, -0.05) is 67.8 Å². The zero-order chi connectivity index (χ0) is 40.8. The summed E-state index contributed by atoms with van der Waals surface area (Å²) in [5.74, 6) is -0.507. The van der Waals surface area contributed by atoms with Crippen LogP contribution in [0, 0.1) is 25.7 Å². The molecule has 0 bridgehead atoms. The maximum absolute atomic E-state index is 13.5. The van der Waals surface area contributed by atoms with Crippen LogP contribution in [0.1, 0.15) is 45.9 Å². The van der Waals surface area contributed by atoms with Crippen LogP contribution >= 0.6 is 69.0 Å². The molecule has 0 aliphatic carbocycles. The summed E-state index contributed by atoms with van der Waals surface area (Å²) in [6.45, 7) is 21.2. The van der Waals surface area contributed by atoms with Gasteiger partial charge in [0.25, 0.3) is 0 Å². The van der Waals surface area contributed by atoms with Gasteiger partial charge >= 0.3 is 0 Å². The van der Waals surface area contributed by atoms with E-state index in [1.807, 2.05) is 40.7 Å². The Bertz CT molecular complexity index is 2080. The van der Waals surface area contributed by atoms with Crippen molar-refractivity contribution in [3.8, 4) is 22.3 Å². The molecule has 3 aliphatic heterocycles. The fraction of sp³-hybridized carbons (Fsp3) is 0.273. The number of likely N-dealkylation sites (N-methyl/N-ethyl adjacent to an activating group) is 2. The Morgan fingerprint density at radius 1 is 0.804 bits per heavy atom. The SMILES string of the molecule is C=CC=C.C=CC=C.CN1CCC2=C(C1)SC(Cl)C2.Cc1cc(-c2ccsc2)cnc1F.Cc1cc(-c2cscc2C2CN(C)Cc3sc(Cl)cc32)cnc1F. The van der Waals surface area contributed by atoms with Gasteiger partial charge in [-0.3, -0.25) is 0 Å². The highest BCUT2D eigenvalue weighted by Crippen LogP contribution is 2.44. The monoisotopic (exact) mass is 868 g/mol. The summed E-state index contributed by atoms with van der Waals surface area (Å²) in [4.78, 5) is 15.1. The molecule has 0 amide bonds. The van der Waals surface area contributed by atoms with Gasteiger partial charge in [-0.05, 0) is 114 Å². The lowest BCUT2D eigenvalue weighted by molar-refractivity contribution is 0.299. The molecule has 0 spiro atoms. The van der Waals surface area contributed by atoms with Crippen LogP contribution in [0.5, 0.6) is 0 Å². The van der Waals surface area contributed by atoms with Crippen molar-refractivity contribution in [3.63, 3.8) is 0 Å². The molecule has 8 heterocycles. The van der Waals surface area contributed by atoms with Crippen molar-refractivity contribution in [1.82, 2.24) is 19.8 Å². The van der Waals surface area contributed by atoms with Crippen molar-refractivity contribution in [2.24, 2.45) is 0 Å². The number of halogens is 4. The predicted octanol–water partition coefficient (Wildman–Crippen LogP) is 13.8. The Kier molecular flexibility index (Phi) is 18.4.